The Balaban J connectivity index is 2.52. The molecule has 0 N–H and O–H groups in total. The van der Waals surface area contributed by atoms with Crippen molar-refractivity contribution in [2.24, 2.45) is 0 Å². The molecule has 0 amide bonds. The molecule has 3 nitrogen and oxygen atoms in total. The molecule has 1 fully saturated rings. The van der Waals surface area contributed by atoms with Crippen LogP contribution in [0.25, 0.3) is 0 Å². The molecule has 1 aromatic carbocycles. The monoisotopic (exact) mass is 295 g/mol. The van der Waals surface area contributed by atoms with Crippen LogP contribution in [0.4, 0.5) is 8.78 Å². The zero-order valence-electron chi connectivity index (χ0n) is 9.50. The lowest BCUT2D eigenvalue weighted by atomic mass is 10.2. The lowest BCUT2D eigenvalue weighted by molar-refractivity contribution is 0.453. The summed E-state index contributed by atoms with van der Waals surface area (Å²) in [6, 6.07) is 2.00. The molecule has 2 rings (SSSR count). The zero-order valence-corrected chi connectivity index (χ0v) is 11.1. The Labute approximate surface area is 109 Å². The molecule has 1 aliphatic heterocycles. The van der Waals surface area contributed by atoms with E-state index < -0.39 is 26.6 Å². The van der Waals surface area contributed by atoms with E-state index in [0.29, 0.717) is 13.1 Å². The maximum Gasteiger partial charge on any atom is 0.246 e. The molecule has 0 aliphatic carbocycles. The van der Waals surface area contributed by atoms with Crippen LogP contribution in [0.5, 0.6) is 0 Å². The minimum atomic E-state index is -3.96. The first-order chi connectivity index (χ1) is 8.46. The molecule has 0 radical (unpaired) electrons. The van der Waals surface area contributed by atoms with Crippen molar-refractivity contribution in [3.8, 4) is 0 Å². The average Bonchev–Trinajstić information content (AvgIpc) is 2.86. The molecular weight excluding hydrogens is 284 g/mol. The van der Waals surface area contributed by atoms with Gasteiger partial charge in [0.25, 0.3) is 0 Å². The molecule has 0 aromatic heterocycles. The molecule has 0 atom stereocenters. The van der Waals surface area contributed by atoms with Gasteiger partial charge in [-0.15, -0.1) is 11.6 Å². The number of alkyl halides is 1. The van der Waals surface area contributed by atoms with E-state index in [0.717, 1.165) is 25.0 Å². The van der Waals surface area contributed by atoms with Crippen molar-refractivity contribution in [3.05, 3.63) is 29.3 Å². The number of rotatable bonds is 3. The Morgan fingerprint density at radius 3 is 2.39 bits per heavy atom. The summed E-state index contributed by atoms with van der Waals surface area (Å²) in [6.07, 6.45) is 1.47. The van der Waals surface area contributed by atoms with E-state index in [4.69, 9.17) is 11.6 Å². The molecule has 100 valence electrons. The van der Waals surface area contributed by atoms with E-state index in [1.807, 2.05) is 0 Å². The smallest absolute Gasteiger partial charge is 0.207 e. The van der Waals surface area contributed by atoms with Crippen molar-refractivity contribution in [3.63, 3.8) is 0 Å². The van der Waals surface area contributed by atoms with Gasteiger partial charge in [-0.05, 0) is 30.5 Å². The van der Waals surface area contributed by atoms with Crippen LogP contribution in [0.3, 0.4) is 0 Å². The third kappa shape index (κ3) is 2.37. The molecule has 7 heteroatoms. The molecule has 1 saturated heterocycles. The maximum atomic E-state index is 13.6. The summed E-state index contributed by atoms with van der Waals surface area (Å²) in [5.41, 5.74) is 0.244. The summed E-state index contributed by atoms with van der Waals surface area (Å²) in [7, 11) is -3.96. The van der Waals surface area contributed by atoms with Crippen LogP contribution in [0.15, 0.2) is 17.0 Å². The summed E-state index contributed by atoms with van der Waals surface area (Å²) in [5, 5.41) is 0. The Bertz CT molecular complexity index is 556. The van der Waals surface area contributed by atoms with Gasteiger partial charge in [-0.1, -0.05) is 0 Å². The van der Waals surface area contributed by atoms with Crippen molar-refractivity contribution in [2.75, 3.05) is 13.1 Å². The SMILES string of the molecule is O=S(=O)(c1cc(CCl)cc(F)c1F)N1CCCC1. The van der Waals surface area contributed by atoms with Crippen molar-refractivity contribution in [1.29, 1.82) is 0 Å². The van der Waals surface area contributed by atoms with Gasteiger partial charge >= 0.3 is 0 Å². The number of nitrogens with zero attached hydrogens (tertiary/aromatic N) is 1. The summed E-state index contributed by atoms with van der Waals surface area (Å²) in [4.78, 5) is -0.625. The molecule has 1 aliphatic rings. The Hall–Kier alpha value is -0.720. The minimum Gasteiger partial charge on any atom is -0.207 e. The standard InChI is InChI=1S/C11H12ClF2NO2S/c12-7-8-5-9(13)11(14)10(6-8)18(16,17)15-3-1-2-4-15/h5-6H,1-4,7H2. The lowest BCUT2D eigenvalue weighted by Crippen LogP contribution is -2.29. The highest BCUT2D eigenvalue weighted by molar-refractivity contribution is 7.89. The largest absolute Gasteiger partial charge is 0.246 e. The second kappa shape index (κ2) is 5.11. The van der Waals surface area contributed by atoms with E-state index in [-0.39, 0.29) is 11.4 Å². The van der Waals surface area contributed by atoms with Crippen LogP contribution < -0.4 is 0 Å². The molecule has 0 spiro atoms. The van der Waals surface area contributed by atoms with Crippen molar-refractivity contribution < 1.29 is 17.2 Å². The van der Waals surface area contributed by atoms with Gasteiger partial charge in [0.2, 0.25) is 10.0 Å². The number of benzene rings is 1. The second-order valence-electron chi connectivity index (χ2n) is 4.13. The first-order valence-corrected chi connectivity index (χ1v) is 7.48. The first kappa shape index (κ1) is 13.7. The highest BCUT2D eigenvalue weighted by Crippen LogP contribution is 2.26. The second-order valence-corrected chi connectivity index (χ2v) is 6.31. The van der Waals surface area contributed by atoms with Crippen LogP contribution in [0, 0.1) is 11.6 Å². The average molecular weight is 296 g/mol. The Kier molecular flexibility index (Phi) is 3.89. The van der Waals surface area contributed by atoms with Crippen LogP contribution >= 0.6 is 11.6 Å². The number of sulfonamides is 1. The van der Waals surface area contributed by atoms with Gasteiger partial charge in [0.05, 0.1) is 0 Å². The number of hydrogen-bond acceptors (Lipinski definition) is 2. The fraction of sp³-hybridized carbons (Fsp3) is 0.455. The predicted octanol–water partition coefficient (Wildman–Crippen LogP) is 2.49. The van der Waals surface area contributed by atoms with Crippen LogP contribution in [0.1, 0.15) is 18.4 Å². The van der Waals surface area contributed by atoms with E-state index in [1.54, 1.807) is 0 Å². The quantitative estimate of drug-likeness (QED) is 0.804. The first-order valence-electron chi connectivity index (χ1n) is 5.51. The summed E-state index contributed by atoms with van der Waals surface area (Å²) in [6.45, 7) is 0.684. The Morgan fingerprint density at radius 1 is 1.22 bits per heavy atom. The lowest BCUT2D eigenvalue weighted by Gasteiger charge is -2.16. The summed E-state index contributed by atoms with van der Waals surface area (Å²) in [5.74, 6) is -2.60. The number of halogens is 3. The number of hydrogen-bond donors (Lipinski definition) is 0. The molecule has 1 heterocycles. The van der Waals surface area contributed by atoms with Gasteiger partial charge in [0.1, 0.15) is 4.90 Å². The van der Waals surface area contributed by atoms with Gasteiger partial charge in [0, 0.05) is 19.0 Å². The van der Waals surface area contributed by atoms with Crippen LogP contribution in [-0.4, -0.2) is 25.8 Å². The third-order valence-corrected chi connectivity index (χ3v) is 5.10. The highest BCUT2D eigenvalue weighted by Gasteiger charge is 2.31. The van der Waals surface area contributed by atoms with Gasteiger partial charge in [0.15, 0.2) is 11.6 Å². The summed E-state index contributed by atoms with van der Waals surface area (Å²) >= 11 is 5.54. The van der Waals surface area contributed by atoms with Crippen molar-refractivity contribution in [2.45, 2.75) is 23.6 Å². The third-order valence-electron chi connectivity index (χ3n) is 2.89. The van der Waals surface area contributed by atoms with Crippen LogP contribution in [-0.2, 0) is 15.9 Å². The highest BCUT2D eigenvalue weighted by atomic mass is 35.5. The molecule has 1 aromatic rings. The van der Waals surface area contributed by atoms with Gasteiger partial charge in [-0.3, -0.25) is 0 Å². The summed E-state index contributed by atoms with van der Waals surface area (Å²) < 4.78 is 52.4. The topological polar surface area (TPSA) is 37.4 Å². The fourth-order valence-electron chi connectivity index (χ4n) is 1.95. The normalized spacial score (nSPS) is 17.3. The van der Waals surface area contributed by atoms with Crippen LogP contribution in [0.2, 0.25) is 0 Å². The van der Waals surface area contributed by atoms with Gasteiger partial charge in [-0.2, -0.15) is 4.31 Å². The predicted molar refractivity (Wildman–Crippen MR) is 63.9 cm³/mol. The van der Waals surface area contributed by atoms with Crippen molar-refractivity contribution >= 4 is 21.6 Å². The molecule has 18 heavy (non-hydrogen) atoms. The van der Waals surface area contributed by atoms with E-state index in [1.165, 1.54) is 4.31 Å². The molecule has 0 bridgehead atoms. The minimum absolute atomic E-state index is 0.0697. The van der Waals surface area contributed by atoms with Gasteiger partial charge in [-0.25, -0.2) is 17.2 Å². The van der Waals surface area contributed by atoms with E-state index >= 15 is 0 Å². The van der Waals surface area contributed by atoms with Gasteiger partial charge < -0.3 is 0 Å². The molecular formula is C11H12ClF2NO2S. The zero-order chi connectivity index (χ0) is 13.3. The fourth-order valence-corrected chi connectivity index (χ4v) is 3.75. The molecule has 0 saturated carbocycles. The maximum absolute atomic E-state index is 13.6. The van der Waals surface area contributed by atoms with E-state index in [2.05, 4.69) is 0 Å². The van der Waals surface area contributed by atoms with Crippen molar-refractivity contribution in [1.82, 2.24) is 4.31 Å². The Morgan fingerprint density at radius 2 is 1.83 bits per heavy atom. The molecule has 0 unspecified atom stereocenters. The van der Waals surface area contributed by atoms with E-state index in [9.17, 15) is 17.2 Å².